The summed E-state index contributed by atoms with van der Waals surface area (Å²) in [5.41, 5.74) is 15.7. The Morgan fingerprint density at radius 1 is 0.264 bits per heavy atom. The molecule has 0 aliphatic rings. The first-order valence-corrected chi connectivity index (χ1v) is 24.3. The Morgan fingerprint density at radius 3 is 0.819 bits per heavy atom. The lowest BCUT2D eigenvalue weighted by Gasteiger charge is -2.21. The monoisotopic (exact) mass is 926 g/mol. The summed E-state index contributed by atoms with van der Waals surface area (Å²) in [5.74, 6) is 3.25. The molecule has 13 aromatic rings. The molecular formula is C64H46N8. The maximum absolute atomic E-state index is 5.50. The van der Waals surface area contributed by atoms with Crippen molar-refractivity contribution in [1.29, 1.82) is 0 Å². The molecule has 0 amide bonds. The molecule has 0 radical (unpaired) electrons. The zero-order chi connectivity index (χ0) is 48.5. The van der Waals surface area contributed by atoms with Crippen LogP contribution in [0.4, 0.5) is 0 Å². The van der Waals surface area contributed by atoms with Crippen LogP contribution in [0.25, 0.3) is 123 Å². The van der Waals surface area contributed by atoms with Crippen molar-refractivity contribution in [3.63, 3.8) is 0 Å². The van der Waals surface area contributed by atoms with E-state index in [1.54, 1.807) is 0 Å². The van der Waals surface area contributed by atoms with Crippen LogP contribution >= 0.6 is 0 Å². The highest BCUT2D eigenvalue weighted by atomic mass is 15.1. The van der Waals surface area contributed by atoms with Crippen molar-refractivity contribution in [3.05, 3.63) is 229 Å². The van der Waals surface area contributed by atoms with E-state index < -0.39 is 0 Å². The Morgan fingerprint density at radius 2 is 0.528 bits per heavy atom. The van der Waals surface area contributed by atoms with E-state index in [0.717, 1.165) is 77.6 Å². The van der Waals surface area contributed by atoms with Gasteiger partial charge in [0.25, 0.3) is 0 Å². The third kappa shape index (κ3) is 7.40. The molecule has 0 saturated heterocycles. The highest BCUT2D eigenvalue weighted by Gasteiger charge is 2.28. The summed E-state index contributed by atoms with van der Waals surface area (Å²) in [4.78, 5) is 32.4. The Bertz CT molecular complexity index is 3860. The molecule has 0 spiro atoms. The standard InChI is InChI=1S/C64H46N8/c1-39-25-29-54-48(33-39)49-34-40(2)26-30-55(49)71(54)47-37-52(63-67-59(43-17-9-5-10-18-43)65-60(68-63)44-19-11-6-12-20-44)58(72-56-31-27-41(3)35-50(56)51-36-42(4)28-32-57(51)72)53(38-47)64-69-61(45-21-13-7-14-22-45)66-62(70-64)46-23-15-8-16-24-46/h5-38H,1-4H3. The Kier molecular flexibility index (Phi) is 10.2. The third-order valence-electron chi connectivity index (χ3n) is 13.6. The number of fused-ring (bicyclic) bond motifs is 6. The molecular weight excluding hydrogens is 881 g/mol. The molecule has 0 aliphatic carbocycles. The molecule has 0 unspecified atom stereocenters. The Balaban J connectivity index is 1.25. The van der Waals surface area contributed by atoms with Gasteiger partial charge in [0.05, 0.1) is 27.8 Å². The first-order valence-electron chi connectivity index (χ1n) is 24.3. The van der Waals surface area contributed by atoms with Gasteiger partial charge in [-0.3, -0.25) is 0 Å². The number of hydrogen-bond acceptors (Lipinski definition) is 6. The van der Waals surface area contributed by atoms with Crippen LogP contribution in [0.1, 0.15) is 22.3 Å². The van der Waals surface area contributed by atoms with Crippen molar-refractivity contribution < 1.29 is 0 Å². The van der Waals surface area contributed by atoms with Crippen molar-refractivity contribution in [1.82, 2.24) is 39.0 Å². The van der Waals surface area contributed by atoms with Crippen LogP contribution < -0.4 is 0 Å². The molecule has 4 heterocycles. The van der Waals surface area contributed by atoms with E-state index in [1.807, 2.05) is 72.8 Å². The lowest BCUT2D eigenvalue weighted by molar-refractivity contribution is 1.05. The minimum atomic E-state index is 0.503. The van der Waals surface area contributed by atoms with Gasteiger partial charge in [-0.1, -0.05) is 168 Å². The molecule has 0 saturated carbocycles. The quantitative estimate of drug-likeness (QED) is 0.151. The van der Waals surface area contributed by atoms with Gasteiger partial charge < -0.3 is 9.13 Å². The Labute approximate surface area is 416 Å². The van der Waals surface area contributed by atoms with E-state index in [2.05, 4.69) is 170 Å². The van der Waals surface area contributed by atoms with Gasteiger partial charge >= 0.3 is 0 Å². The number of hydrogen-bond donors (Lipinski definition) is 0. The summed E-state index contributed by atoms with van der Waals surface area (Å²) in [6.45, 7) is 8.62. The smallest absolute Gasteiger partial charge is 0.166 e. The fraction of sp³-hybridized carbons (Fsp3) is 0.0625. The summed E-state index contributed by atoms with van der Waals surface area (Å²) in [5, 5.41) is 4.62. The second-order valence-electron chi connectivity index (χ2n) is 18.7. The average molecular weight is 927 g/mol. The summed E-state index contributed by atoms with van der Waals surface area (Å²) in [6, 6.07) is 72.0. The lowest BCUT2D eigenvalue weighted by Crippen LogP contribution is -2.09. The minimum Gasteiger partial charge on any atom is -0.309 e. The molecule has 13 rings (SSSR count). The van der Waals surface area contributed by atoms with Crippen LogP contribution in [0.2, 0.25) is 0 Å². The summed E-state index contributed by atoms with van der Waals surface area (Å²) >= 11 is 0. The van der Waals surface area contributed by atoms with Crippen molar-refractivity contribution in [3.8, 4) is 79.7 Å². The maximum atomic E-state index is 5.50. The van der Waals surface area contributed by atoms with Crippen molar-refractivity contribution in [2.45, 2.75) is 27.7 Å². The largest absolute Gasteiger partial charge is 0.309 e. The maximum Gasteiger partial charge on any atom is 0.166 e. The van der Waals surface area contributed by atoms with Crippen LogP contribution in [0.5, 0.6) is 0 Å². The highest BCUT2D eigenvalue weighted by molar-refractivity contribution is 6.12. The second-order valence-corrected chi connectivity index (χ2v) is 18.7. The topological polar surface area (TPSA) is 87.2 Å². The molecule has 342 valence electrons. The Hall–Kier alpha value is -9.40. The molecule has 0 N–H and O–H groups in total. The number of aryl methyl sites for hydroxylation is 4. The van der Waals surface area contributed by atoms with Gasteiger partial charge in [0.1, 0.15) is 0 Å². The van der Waals surface area contributed by atoms with Crippen LogP contribution in [0, 0.1) is 27.7 Å². The van der Waals surface area contributed by atoms with Gasteiger partial charge in [0.15, 0.2) is 34.9 Å². The van der Waals surface area contributed by atoms with Crippen LogP contribution in [0.15, 0.2) is 206 Å². The van der Waals surface area contributed by atoms with Crippen molar-refractivity contribution >= 4 is 43.6 Å². The molecule has 4 aromatic heterocycles. The number of aromatic nitrogens is 8. The summed E-state index contributed by atoms with van der Waals surface area (Å²) in [7, 11) is 0. The molecule has 9 aromatic carbocycles. The molecule has 0 bridgehead atoms. The molecule has 0 fully saturated rings. The molecule has 0 aliphatic heterocycles. The van der Waals surface area contributed by atoms with Gasteiger partial charge in [0, 0.05) is 60.6 Å². The predicted molar refractivity (Wildman–Crippen MR) is 293 cm³/mol. The summed E-state index contributed by atoms with van der Waals surface area (Å²) < 4.78 is 4.74. The molecule has 72 heavy (non-hydrogen) atoms. The third-order valence-corrected chi connectivity index (χ3v) is 13.6. The first-order chi connectivity index (χ1) is 35.3. The van der Waals surface area contributed by atoms with E-state index in [0.29, 0.717) is 34.9 Å². The predicted octanol–water partition coefficient (Wildman–Crippen LogP) is 15.5. The minimum absolute atomic E-state index is 0.503. The SMILES string of the molecule is Cc1ccc2c(c1)c1cc(C)ccc1n2-c1cc(-c2nc(-c3ccccc3)nc(-c3ccccc3)n2)c(-n2c3ccc(C)cc3c3cc(C)ccc32)c(-c2nc(-c3ccccc3)nc(-c3ccccc3)n2)c1. The van der Waals surface area contributed by atoms with Gasteiger partial charge in [-0.2, -0.15) is 0 Å². The summed E-state index contributed by atoms with van der Waals surface area (Å²) in [6.07, 6.45) is 0. The highest BCUT2D eigenvalue weighted by Crippen LogP contribution is 2.44. The van der Waals surface area contributed by atoms with E-state index in [-0.39, 0.29) is 0 Å². The van der Waals surface area contributed by atoms with E-state index >= 15 is 0 Å². The van der Waals surface area contributed by atoms with E-state index in [9.17, 15) is 0 Å². The van der Waals surface area contributed by atoms with Crippen LogP contribution in [-0.4, -0.2) is 39.0 Å². The van der Waals surface area contributed by atoms with Gasteiger partial charge in [-0.05, 0) is 88.4 Å². The number of nitrogens with zero attached hydrogens (tertiary/aromatic N) is 8. The fourth-order valence-corrected chi connectivity index (χ4v) is 10.2. The van der Waals surface area contributed by atoms with Crippen LogP contribution in [-0.2, 0) is 0 Å². The van der Waals surface area contributed by atoms with Crippen molar-refractivity contribution in [2.75, 3.05) is 0 Å². The zero-order valence-corrected chi connectivity index (χ0v) is 40.2. The fourth-order valence-electron chi connectivity index (χ4n) is 10.2. The van der Waals surface area contributed by atoms with Crippen molar-refractivity contribution in [2.24, 2.45) is 0 Å². The zero-order valence-electron chi connectivity index (χ0n) is 40.2. The molecule has 8 nitrogen and oxygen atoms in total. The second kappa shape index (κ2) is 17.2. The molecule has 0 atom stereocenters. The number of benzene rings is 9. The van der Waals surface area contributed by atoms with E-state index in [4.69, 9.17) is 29.9 Å². The normalized spacial score (nSPS) is 11.6. The van der Waals surface area contributed by atoms with Gasteiger partial charge in [-0.25, -0.2) is 29.9 Å². The van der Waals surface area contributed by atoms with Gasteiger partial charge in [0.2, 0.25) is 0 Å². The molecule has 8 heteroatoms. The van der Waals surface area contributed by atoms with E-state index in [1.165, 1.54) is 33.0 Å². The first kappa shape index (κ1) is 42.7. The van der Waals surface area contributed by atoms with Crippen LogP contribution in [0.3, 0.4) is 0 Å². The van der Waals surface area contributed by atoms with Gasteiger partial charge in [-0.15, -0.1) is 0 Å². The lowest BCUT2D eigenvalue weighted by atomic mass is 10.0. The number of rotatable bonds is 8. The average Bonchev–Trinajstić information content (AvgIpc) is 3.91.